The first kappa shape index (κ1) is 58.1. The maximum atomic E-state index is 7.10. The highest BCUT2D eigenvalue weighted by molar-refractivity contribution is 7.26. The van der Waals surface area contributed by atoms with Crippen molar-refractivity contribution >= 4 is 194 Å². The SMILES string of the molecule is c1ccc2c(c1)oc1ccc(-n3c4ccccc4c4ccc(Oc5ccc6c7ccc(-c8ccc9c%10ccc(Cc%11ccc%12c%13ccccc%13n(-c%13ccc%14sc%15ccccc%15c%14c%13)c%12c%11)cc%10n(-c%10ccc%11oc%12ccccc%12c%11c%10)c9c8)cc7n(-c7ccc8sc9ccccc9c8c7)c6c5)cc43)cc12. The third-order valence-corrected chi connectivity index (χ3v) is 24.7. The molecule has 106 heavy (non-hydrogen) atoms. The molecule has 8 aromatic heterocycles. The minimum absolute atomic E-state index is 0.747. The number of benzene rings is 16. The summed E-state index contributed by atoms with van der Waals surface area (Å²) in [4.78, 5) is 0. The number of para-hydroxylation sites is 4. The molecule has 0 N–H and O–H groups in total. The average molecular weight is 1390 g/mol. The fourth-order valence-electron chi connectivity index (χ4n) is 17.6. The number of hydrogen-bond acceptors (Lipinski definition) is 5. The van der Waals surface area contributed by atoms with Crippen molar-refractivity contribution in [3.8, 4) is 45.4 Å². The van der Waals surface area contributed by atoms with E-state index in [9.17, 15) is 0 Å². The number of rotatable bonds is 9. The van der Waals surface area contributed by atoms with E-state index in [-0.39, 0.29) is 0 Å². The topological polar surface area (TPSA) is 55.2 Å². The minimum Gasteiger partial charge on any atom is -0.457 e. The molecule has 494 valence electrons. The minimum atomic E-state index is 0.747. The van der Waals surface area contributed by atoms with Crippen molar-refractivity contribution in [2.75, 3.05) is 0 Å². The Hall–Kier alpha value is -13.4. The van der Waals surface area contributed by atoms with Crippen LogP contribution in [0.4, 0.5) is 0 Å². The van der Waals surface area contributed by atoms with E-state index in [4.69, 9.17) is 13.6 Å². The van der Waals surface area contributed by atoms with E-state index in [0.29, 0.717) is 0 Å². The smallest absolute Gasteiger partial charge is 0.135 e. The van der Waals surface area contributed by atoms with E-state index in [1.165, 1.54) is 95.1 Å². The fraction of sp³-hybridized carbons (Fsp3) is 0.0103. The Morgan fingerprint density at radius 2 is 0.538 bits per heavy atom. The summed E-state index contributed by atoms with van der Waals surface area (Å²) in [7, 11) is 0. The second-order valence-electron chi connectivity index (χ2n) is 28.3. The molecular formula is C97H56N4O3S2. The molecule has 0 radical (unpaired) electrons. The van der Waals surface area contributed by atoms with Gasteiger partial charge < -0.3 is 31.8 Å². The van der Waals surface area contributed by atoms with Gasteiger partial charge in [-0.2, -0.15) is 0 Å². The van der Waals surface area contributed by atoms with Gasteiger partial charge in [0.1, 0.15) is 33.8 Å². The molecule has 9 heteroatoms. The van der Waals surface area contributed by atoms with Crippen molar-refractivity contribution in [1.82, 2.24) is 18.3 Å². The number of aromatic nitrogens is 4. The van der Waals surface area contributed by atoms with Crippen LogP contribution in [0.2, 0.25) is 0 Å². The van der Waals surface area contributed by atoms with Crippen molar-refractivity contribution in [3.05, 3.63) is 339 Å². The number of furan rings is 2. The summed E-state index contributed by atoms with van der Waals surface area (Å²) in [6, 6.07) is 120. The summed E-state index contributed by atoms with van der Waals surface area (Å²) in [5.74, 6) is 1.50. The van der Waals surface area contributed by atoms with E-state index < -0.39 is 0 Å². The third-order valence-electron chi connectivity index (χ3n) is 22.4. The summed E-state index contributed by atoms with van der Waals surface area (Å²) in [5, 5.41) is 19.0. The van der Waals surface area contributed by atoms with Crippen LogP contribution in [0.15, 0.2) is 336 Å². The molecule has 0 aliphatic heterocycles. The first-order chi connectivity index (χ1) is 52.5. The zero-order valence-electron chi connectivity index (χ0n) is 56.7. The molecule has 0 aliphatic rings. The molecule has 0 bridgehead atoms. The lowest BCUT2D eigenvalue weighted by Crippen LogP contribution is -1.96. The highest BCUT2D eigenvalue weighted by Crippen LogP contribution is 2.46. The Labute approximate surface area is 612 Å². The van der Waals surface area contributed by atoms with E-state index >= 15 is 0 Å². The van der Waals surface area contributed by atoms with Gasteiger partial charge in [0.15, 0.2) is 0 Å². The fourth-order valence-corrected chi connectivity index (χ4v) is 19.8. The van der Waals surface area contributed by atoms with Gasteiger partial charge in [-0.1, -0.05) is 158 Å². The number of thiophene rings is 2. The molecule has 24 aromatic rings. The van der Waals surface area contributed by atoms with Crippen LogP contribution in [0.1, 0.15) is 11.1 Å². The van der Waals surface area contributed by atoms with Crippen LogP contribution in [0.25, 0.3) is 205 Å². The Morgan fingerprint density at radius 1 is 0.217 bits per heavy atom. The highest BCUT2D eigenvalue weighted by atomic mass is 32.1. The van der Waals surface area contributed by atoms with Gasteiger partial charge in [-0.15, -0.1) is 22.7 Å². The van der Waals surface area contributed by atoms with E-state index in [1.807, 2.05) is 40.9 Å². The molecule has 8 heterocycles. The van der Waals surface area contributed by atoms with Crippen LogP contribution < -0.4 is 4.74 Å². The van der Waals surface area contributed by atoms with Crippen LogP contribution in [0, 0.1) is 0 Å². The summed E-state index contributed by atoms with van der Waals surface area (Å²) in [5.41, 5.74) is 21.6. The second kappa shape index (κ2) is 22.0. The molecule has 0 saturated heterocycles. The average Bonchev–Trinajstić information content (AvgIpc) is 1.58. The highest BCUT2D eigenvalue weighted by Gasteiger charge is 2.23. The molecule has 0 spiro atoms. The van der Waals surface area contributed by atoms with Gasteiger partial charge in [0.05, 0.1) is 44.1 Å². The molecule has 24 rings (SSSR count). The van der Waals surface area contributed by atoms with Gasteiger partial charge in [-0.25, -0.2) is 0 Å². The molecule has 0 atom stereocenters. The van der Waals surface area contributed by atoms with Crippen LogP contribution in [0.3, 0.4) is 0 Å². The Kier molecular flexibility index (Phi) is 12.1. The van der Waals surface area contributed by atoms with Gasteiger partial charge in [-0.05, 0) is 186 Å². The quantitative estimate of drug-likeness (QED) is 0.145. The lowest BCUT2D eigenvalue weighted by Gasteiger charge is -2.12. The summed E-state index contributed by atoms with van der Waals surface area (Å²) >= 11 is 3.70. The summed E-state index contributed by atoms with van der Waals surface area (Å²) < 4.78 is 34.8. The van der Waals surface area contributed by atoms with Gasteiger partial charge in [0, 0.05) is 140 Å². The van der Waals surface area contributed by atoms with Crippen molar-refractivity contribution in [3.63, 3.8) is 0 Å². The molecule has 0 amide bonds. The third kappa shape index (κ3) is 8.60. The van der Waals surface area contributed by atoms with Gasteiger partial charge in [0.2, 0.25) is 0 Å². The predicted octanol–water partition coefficient (Wildman–Crippen LogP) is 27.7. The number of nitrogens with zero attached hydrogens (tertiary/aromatic N) is 4. The van der Waals surface area contributed by atoms with E-state index in [1.54, 1.807) is 0 Å². The van der Waals surface area contributed by atoms with Crippen LogP contribution in [-0.4, -0.2) is 18.3 Å². The maximum absolute atomic E-state index is 7.10. The van der Waals surface area contributed by atoms with Crippen LogP contribution in [-0.2, 0) is 6.42 Å². The predicted molar refractivity (Wildman–Crippen MR) is 445 cm³/mol. The van der Waals surface area contributed by atoms with Crippen molar-refractivity contribution < 1.29 is 13.6 Å². The van der Waals surface area contributed by atoms with Gasteiger partial charge in [-0.3, -0.25) is 0 Å². The Morgan fingerprint density at radius 3 is 1.00 bits per heavy atom. The van der Waals surface area contributed by atoms with E-state index in [0.717, 1.165) is 139 Å². The molecule has 0 saturated carbocycles. The normalized spacial score (nSPS) is 12.4. The lowest BCUT2D eigenvalue weighted by atomic mass is 10.0. The summed E-state index contributed by atoms with van der Waals surface area (Å²) in [6.45, 7) is 0. The van der Waals surface area contributed by atoms with Gasteiger partial charge >= 0.3 is 0 Å². The zero-order valence-corrected chi connectivity index (χ0v) is 58.3. The molecule has 0 fully saturated rings. The number of hydrogen-bond donors (Lipinski definition) is 0. The number of ether oxygens (including phenoxy) is 1. The molecular weight excluding hydrogens is 1330 g/mol. The zero-order chi connectivity index (χ0) is 69.0. The Bertz CT molecular complexity index is 7470. The van der Waals surface area contributed by atoms with Crippen molar-refractivity contribution in [2.45, 2.75) is 6.42 Å². The maximum Gasteiger partial charge on any atom is 0.135 e. The van der Waals surface area contributed by atoms with Crippen LogP contribution >= 0.6 is 22.7 Å². The summed E-state index contributed by atoms with van der Waals surface area (Å²) in [6.07, 6.45) is 0.752. The first-order valence-corrected chi connectivity index (χ1v) is 37.7. The first-order valence-electron chi connectivity index (χ1n) is 36.0. The molecule has 7 nitrogen and oxygen atoms in total. The standard InChI is InChI=1S/C97H56N4O3S2/c1-7-19-82-66(13-1)68-35-25-56(46-84(68)98(82)62-31-43-96-80(52-62)76-17-5-11-23-94(76)105-96)45-57-26-36-69-70-37-27-58(48-86(70)100(85(69)47-57)61-30-42-93-79(51-61)75-16-4-10-22-91(75)104-93)59-28-38-71-73-40-34-65(55-89(73)101(87(71)49-59)63-32-44-97-81(53-63)77-18-6-12-24-95(77)106-97)102-64-33-39-72-67-14-2-8-20-83(67)99(88(72)54-64)60-29-41-92-78(50-60)74-15-3-9-21-90(74)103-92/h1-44,46-55H,45H2. The van der Waals surface area contributed by atoms with Crippen LogP contribution in [0.5, 0.6) is 11.5 Å². The van der Waals surface area contributed by atoms with Crippen molar-refractivity contribution in [2.24, 2.45) is 0 Å². The Balaban J connectivity index is 0.651. The number of fused-ring (bicyclic) bond motifs is 24. The van der Waals surface area contributed by atoms with Gasteiger partial charge in [0.25, 0.3) is 0 Å². The molecule has 16 aromatic carbocycles. The molecule has 0 aliphatic carbocycles. The lowest BCUT2D eigenvalue weighted by molar-refractivity contribution is 0.484. The second-order valence-corrected chi connectivity index (χ2v) is 30.5. The monoisotopic (exact) mass is 1390 g/mol. The molecule has 0 unspecified atom stereocenters. The van der Waals surface area contributed by atoms with E-state index in [2.05, 4.69) is 328 Å². The largest absolute Gasteiger partial charge is 0.457 e. The van der Waals surface area contributed by atoms with Crippen molar-refractivity contribution in [1.29, 1.82) is 0 Å².